The molecule has 3 aliphatic rings. The van der Waals surface area contributed by atoms with Crippen LogP contribution in [0, 0.1) is 15.7 Å². The predicted molar refractivity (Wildman–Crippen MR) is 131 cm³/mol. The molecule has 8 nitrogen and oxygen atoms in total. The topological polar surface area (TPSA) is 74.8 Å². The zero-order valence-corrected chi connectivity index (χ0v) is 19.9. The highest BCUT2D eigenvalue weighted by Gasteiger charge is 2.48. The first-order valence-corrected chi connectivity index (χ1v) is 12.4. The van der Waals surface area contributed by atoms with Gasteiger partial charge in [-0.2, -0.15) is 0 Å². The summed E-state index contributed by atoms with van der Waals surface area (Å²) in [5.41, 5.74) is 2.56. The average Bonchev–Trinajstić information content (AvgIpc) is 3.31. The minimum atomic E-state index is -0.678. The van der Waals surface area contributed by atoms with Gasteiger partial charge in [0.2, 0.25) is 6.54 Å². The summed E-state index contributed by atoms with van der Waals surface area (Å²) in [7, 11) is 1.72. The summed E-state index contributed by atoms with van der Waals surface area (Å²) in [6, 6.07) is 11.7. The zero-order valence-electron chi connectivity index (χ0n) is 19.9. The maximum atomic E-state index is 13.1. The first-order chi connectivity index (χ1) is 17.1. The number of unbranched alkanes of at least 4 members (excludes halogenated alkanes) is 1. The summed E-state index contributed by atoms with van der Waals surface area (Å²) < 4.78 is 13.5. The van der Waals surface area contributed by atoms with E-state index < -0.39 is 6.17 Å². The fraction of sp³-hybridized carbons (Fsp3) is 0.444. The minimum Gasteiger partial charge on any atom is -0.496 e. The first-order valence-electron chi connectivity index (χ1n) is 12.4. The molecule has 1 fully saturated rings. The number of nitroso groups, excluding NO2 is 2. The Morgan fingerprint density at radius 3 is 2.94 bits per heavy atom. The molecule has 1 saturated heterocycles. The largest absolute Gasteiger partial charge is 0.496 e. The van der Waals surface area contributed by atoms with E-state index in [0.717, 1.165) is 76.4 Å². The van der Waals surface area contributed by atoms with Gasteiger partial charge in [0.05, 0.1) is 24.9 Å². The van der Waals surface area contributed by atoms with Crippen LogP contribution in [-0.4, -0.2) is 58.9 Å². The fourth-order valence-electron chi connectivity index (χ4n) is 6.07. The number of nitrogens with zero attached hydrogens (tertiary/aromatic N) is 4. The van der Waals surface area contributed by atoms with E-state index >= 15 is 0 Å². The number of methoxy groups -OCH3 is 1. The molecule has 2 aromatic carbocycles. The van der Waals surface area contributed by atoms with Crippen LogP contribution in [0.25, 0.3) is 10.8 Å². The summed E-state index contributed by atoms with van der Waals surface area (Å²) in [6.07, 6.45) is 5.12. The Morgan fingerprint density at radius 1 is 1.14 bits per heavy atom. The van der Waals surface area contributed by atoms with Crippen LogP contribution in [0.4, 0.5) is 5.69 Å². The number of fused-ring (bicyclic) bond motifs is 6. The number of benzene rings is 2. The monoisotopic (exact) mass is 474 g/mol. The molecule has 180 valence electrons. The van der Waals surface area contributed by atoms with Crippen LogP contribution in [0.5, 0.6) is 11.5 Å². The minimum absolute atomic E-state index is 0.221. The van der Waals surface area contributed by atoms with E-state index in [1.165, 1.54) is 5.56 Å². The molecule has 35 heavy (non-hydrogen) atoms. The van der Waals surface area contributed by atoms with Gasteiger partial charge >= 0.3 is 6.17 Å². The van der Waals surface area contributed by atoms with E-state index in [1.807, 2.05) is 36.4 Å². The summed E-state index contributed by atoms with van der Waals surface area (Å²) in [5.74, 6) is 2.74. The quantitative estimate of drug-likeness (QED) is 0.385. The average molecular weight is 475 g/mol. The lowest BCUT2D eigenvalue weighted by Gasteiger charge is -2.29. The van der Waals surface area contributed by atoms with E-state index in [2.05, 4.69) is 9.88 Å². The van der Waals surface area contributed by atoms with Gasteiger partial charge in [0, 0.05) is 64.1 Å². The molecule has 0 aliphatic carbocycles. The lowest BCUT2D eigenvalue weighted by atomic mass is 9.86. The molecule has 3 aliphatic heterocycles. The van der Waals surface area contributed by atoms with Crippen molar-refractivity contribution in [1.82, 2.24) is 9.88 Å². The van der Waals surface area contributed by atoms with Crippen LogP contribution in [0.15, 0.2) is 48.8 Å². The SMILES string of the molecule is COc1cccc2c1[C@@H]1CN(CCCCC3[N+](=O)Cc4c(ccc5ccncc45)[N+]3=O)C[C@@H]1CO2. The lowest BCUT2D eigenvalue weighted by molar-refractivity contribution is -0.784. The standard InChI is InChI=1S/C27H30N4O4/c1-34-24-5-4-6-25-27(24)21-15-29(14-19(21)17-35-25)12-3-2-7-26-30(32)16-22-20-13-28-11-10-18(20)8-9-23(22)31(26)33/h4-6,8-11,13,19,21,26H,2-3,7,12,14-17H2,1H3/q+2/t19-,21-,26?/m1/s1. The van der Waals surface area contributed by atoms with Gasteiger partial charge in [0.25, 0.3) is 5.69 Å². The molecule has 1 aromatic heterocycles. The van der Waals surface area contributed by atoms with Crippen LogP contribution in [0.2, 0.25) is 0 Å². The lowest BCUT2D eigenvalue weighted by Crippen LogP contribution is -2.37. The molecule has 3 atom stereocenters. The van der Waals surface area contributed by atoms with Crippen molar-refractivity contribution in [3.8, 4) is 11.5 Å². The Labute approximate surface area is 204 Å². The van der Waals surface area contributed by atoms with E-state index in [4.69, 9.17) is 9.47 Å². The smallest absolute Gasteiger partial charge is 0.437 e. The Hall–Kier alpha value is -3.39. The second-order valence-electron chi connectivity index (χ2n) is 9.85. The van der Waals surface area contributed by atoms with Gasteiger partial charge in [-0.05, 0) is 49.0 Å². The van der Waals surface area contributed by atoms with Gasteiger partial charge in [0.15, 0.2) is 0 Å². The van der Waals surface area contributed by atoms with E-state index in [9.17, 15) is 9.81 Å². The summed E-state index contributed by atoms with van der Waals surface area (Å²) in [6.45, 7) is 3.90. The maximum absolute atomic E-state index is 13.1. The molecule has 4 heterocycles. The number of pyridine rings is 1. The molecule has 6 rings (SSSR count). The molecule has 0 amide bonds. The fourth-order valence-corrected chi connectivity index (χ4v) is 6.07. The van der Waals surface area contributed by atoms with Crippen molar-refractivity contribution in [3.63, 3.8) is 0 Å². The molecule has 1 unspecified atom stereocenters. The molecule has 0 bridgehead atoms. The second-order valence-corrected chi connectivity index (χ2v) is 9.85. The van der Waals surface area contributed by atoms with Gasteiger partial charge < -0.3 is 14.4 Å². The van der Waals surface area contributed by atoms with E-state index in [-0.39, 0.29) is 6.54 Å². The number of ether oxygens (including phenoxy) is 2. The molecule has 0 N–H and O–H groups in total. The molecule has 0 saturated carbocycles. The van der Waals surface area contributed by atoms with Gasteiger partial charge in [-0.25, -0.2) is 0 Å². The van der Waals surface area contributed by atoms with Crippen LogP contribution in [0.1, 0.15) is 36.3 Å². The second kappa shape index (κ2) is 9.00. The summed E-state index contributed by atoms with van der Waals surface area (Å²) >= 11 is 0. The van der Waals surface area contributed by atoms with Crippen molar-refractivity contribution in [2.75, 3.05) is 33.4 Å². The molecule has 8 heteroatoms. The van der Waals surface area contributed by atoms with E-state index in [0.29, 0.717) is 23.9 Å². The molecular weight excluding hydrogens is 444 g/mol. The number of likely N-dealkylation sites (tertiary alicyclic amines) is 1. The van der Waals surface area contributed by atoms with E-state index in [1.54, 1.807) is 19.5 Å². The summed E-state index contributed by atoms with van der Waals surface area (Å²) in [5, 5.41) is 1.87. The van der Waals surface area contributed by atoms with Crippen molar-refractivity contribution >= 4 is 16.5 Å². The zero-order chi connectivity index (χ0) is 23.9. The Bertz CT molecular complexity index is 1300. The van der Waals surface area contributed by atoms with Crippen molar-refractivity contribution in [1.29, 1.82) is 0 Å². The summed E-state index contributed by atoms with van der Waals surface area (Å²) in [4.78, 5) is 32.6. The number of hydrogen-bond acceptors (Lipinski definition) is 6. The first kappa shape index (κ1) is 22.1. The molecular formula is C27H30N4O4+2. The van der Waals surface area contributed by atoms with Crippen LogP contribution < -0.4 is 9.47 Å². The van der Waals surface area contributed by atoms with Crippen LogP contribution in [0.3, 0.4) is 0 Å². The number of rotatable bonds is 6. The Morgan fingerprint density at radius 2 is 2.06 bits per heavy atom. The molecule has 3 aromatic rings. The molecule has 0 radical (unpaired) electrons. The van der Waals surface area contributed by atoms with Crippen molar-refractivity contribution in [3.05, 3.63) is 69.7 Å². The van der Waals surface area contributed by atoms with Crippen LogP contribution in [-0.2, 0) is 6.54 Å². The Balaban J connectivity index is 1.07. The Kier molecular flexibility index (Phi) is 5.68. The maximum Gasteiger partial charge on any atom is 0.437 e. The van der Waals surface area contributed by atoms with Gasteiger partial charge in [0.1, 0.15) is 21.8 Å². The third-order valence-corrected chi connectivity index (χ3v) is 7.84. The van der Waals surface area contributed by atoms with Gasteiger partial charge in [-0.1, -0.05) is 6.07 Å². The highest BCUT2D eigenvalue weighted by molar-refractivity contribution is 5.87. The van der Waals surface area contributed by atoms with Gasteiger partial charge in [-0.3, -0.25) is 4.98 Å². The van der Waals surface area contributed by atoms with Crippen molar-refractivity contribution < 1.29 is 19.0 Å². The van der Waals surface area contributed by atoms with Gasteiger partial charge in [-0.15, -0.1) is 0 Å². The normalized spacial score (nSPS) is 23.5. The molecule has 0 spiro atoms. The highest BCUT2D eigenvalue weighted by Crippen LogP contribution is 2.46. The predicted octanol–water partition coefficient (Wildman–Crippen LogP) is 4.55. The third-order valence-electron chi connectivity index (χ3n) is 7.84. The van der Waals surface area contributed by atoms with Crippen LogP contribution >= 0.6 is 0 Å². The number of hydrogen-bond donors (Lipinski definition) is 0. The number of aromatic nitrogens is 1. The van der Waals surface area contributed by atoms with Crippen molar-refractivity contribution in [2.45, 2.75) is 37.9 Å². The van der Waals surface area contributed by atoms with Crippen molar-refractivity contribution in [2.24, 2.45) is 5.92 Å². The third kappa shape index (κ3) is 3.86. The highest BCUT2D eigenvalue weighted by atomic mass is 16.5.